The number of ketones is 3. The zero-order valence-electron chi connectivity index (χ0n) is 19.6. The Hall–Kier alpha value is -4.21. The quantitative estimate of drug-likeness (QED) is 0.249. The summed E-state index contributed by atoms with van der Waals surface area (Å²) in [5.74, 6) is 2.50. The van der Waals surface area contributed by atoms with Crippen LogP contribution in [0.1, 0.15) is 73.6 Å². The maximum absolute atomic E-state index is 13.1. The van der Waals surface area contributed by atoms with Gasteiger partial charge in [-0.1, -0.05) is 55.3 Å². The van der Waals surface area contributed by atoms with Crippen molar-refractivity contribution in [2.24, 2.45) is 0 Å². The van der Waals surface area contributed by atoms with Crippen molar-refractivity contribution in [2.45, 2.75) is 39.4 Å². The van der Waals surface area contributed by atoms with Gasteiger partial charge >= 0.3 is 0 Å². The molecule has 176 valence electrons. The van der Waals surface area contributed by atoms with E-state index >= 15 is 0 Å². The minimum Gasteiger partial charge on any atom is -0.507 e. The number of benzene rings is 3. The molecule has 0 radical (unpaired) electrons. The SMILES string of the molecule is CC[C@](C)(C#CC(=O)c1c(C)cc2c(c1O)C(=O)c1c(O)cccc1C2=O)OCc1ccccc1. The molecule has 0 fully saturated rings. The number of hydrogen-bond donors (Lipinski definition) is 2. The molecule has 0 spiro atoms. The van der Waals surface area contributed by atoms with Gasteiger partial charge in [0.2, 0.25) is 11.6 Å². The molecule has 0 amide bonds. The predicted octanol–water partition coefficient (Wildman–Crippen LogP) is 4.75. The zero-order valence-corrected chi connectivity index (χ0v) is 19.6. The Morgan fingerprint density at radius 1 is 0.971 bits per heavy atom. The number of aryl methyl sites for hydroxylation is 1. The number of rotatable bonds is 5. The van der Waals surface area contributed by atoms with Crippen molar-refractivity contribution < 1.29 is 29.3 Å². The van der Waals surface area contributed by atoms with Crippen LogP contribution in [-0.2, 0) is 11.3 Å². The number of hydrogen-bond acceptors (Lipinski definition) is 6. The molecule has 4 rings (SSSR count). The Kier molecular flexibility index (Phi) is 6.29. The fourth-order valence-corrected chi connectivity index (χ4v) is 4.03. The van der Waals surface area contributed by atoms with Crippen LogP contribution in [0.5, 0.6) is 11.5 Å². The van der Waals surface area contributed by atoms with Crippen LogP contribution in [0.15, 0.2) is 54.6 Å². The summed E-state index contributed by atoms with van der Waals surface area (Å²) in [7, 11) is 0. The van der Waals surface area contributed by atoms with E-state index in [-0.39, 0.29) is 33.6 Å². The summed E-state index contributed by atoms with van der Waals surface area (Å²) in [6.45, 7) is 5.55. The fraction of sp³-hybridized carbons (Fsp3) is 0.207. The van der Waals surface area contributed by atoms with Crippen molar-refractivity contribution in [3.8, 4) is 23.3 Å². The topological polar surface area (TPSA) is 101 Å². The van der Waals surface area contributed by atoms with Crippen LogP contribution in [0.3, 0.4) is 0 Å². The van der Waals surface area contributed by atoms with Crippen molar-refractivity contribution >= 4 is 17.3 Å². The van der Waals surface area contributed by atoms with Gasteiger partial charge in [0.05, 0.1) is 23.3 Å². The number of ether oxygens (including phenoxy) is 1. The van der Waals surface area contributed by atoms with Gasteiger partial charge in [0.15, 0.2) is 5.78 Å². The number of phenolic OH excluding ortho intramolecular Hbond substituents is 2. The summed E-state index contributed by atoms with van der Waals surface area (Å²) in [4.78, 5) is 39.2. The maximum Gasteiger partial charge on any atom is 0.240 e. The predicted molar refractivity (Wildman–Crippen MR) is 130 cm³/mol. The highest BCUT2D eigenvalue weighted by Crippen LogP contribution is 2.39. The van der Waals surface area contributed by atoms with E-state index in [0.717, 1.165) is 5.56 Å². The van der Waals surface area contributed by atoms with Crippen LogP contribution in [0.25, 0.3) is 0 Å². The summed E-state index contributed by atoms with van der Waals surface area (Å²) < 4.78 is 5.97. The molecule has 6 heteroatoms. The number of carbonyl (C=O) groups excluding carboxylic acids is 3. The lowest BCUT2D eigenvalue weighted by molar-refractivity contribution is -0.00188. The smallest absolute Gasteiger partial charge is 0.240 e. The lowest BCUT2D eigenvalue weighted by Gasteiger charge is -2.23. The third-order valence-corrected chi connectivity index (χ3v) is 6.23. The van der Waals surface area contributed by atoms with E-state index in [1.807, 2.05) is 37.3 Å². The molecule has 0 heterocycles. The van der Waals surface area contributed by atoms with Crippen LogP contribution in [-0.4, -0.2) is 33.2 Å². The molecular formula is C29H24O6. The highest BCUT2D eigenvalue weighted by Gasteiger charge is 2.36. The standard InChI is InChI=1S/C29H24O6/c1-4-29(3,35-16-18-9-6-5-7-10-18)14-13-22(31)23-17(2)15-20-25(27(23)33)28(34)24-19(26(20)32)11-8-12-21(24)30/h5-12,15,30,33H,4,16H2,1-3H3/t29-/m1/s1. The number of phenols is 2. The summed E-state index contributed by atoms with van der Waals surface area (Å²) in [6, 6.07) is 15.2. The van der Waals surface area contributed by atoms with Crippen LogP contribution < -0.4 is 0 Å². The highest BCUT2D eigenvalue weighted by atomic mass is 16.5. The first-order valence-corrected chi connectivity index (χ1v) is 11.2. The summed E-state index contributed by atoms with van der Waals surface area (Å²) in [5, 5.41) is 21.1. The summed E-state index contributed by atoms with van der Waals surface area (Å²) in [5.41, 5.74) is -0.257. The van der Waals surface area contributed by atoms with E-state index in [1.165, 1.54) is 24.3 Å². The lowest BCUT2D eigenvalue weighted by atomic mass is 9.80. The van der Waals surface area contributed by atoms with Crippen LogP contribution >= 0.6 is 0 Å². The molecule has 0 aliphatic heterocycles. The molecule has 6 nitrogen and oxygen atoms in total. The van der Waals surface area contributed by atoms with Gasteiger partial charge in [-0.15, -0.1) is 0 Å². The van der Waals surface area contributed by atoms with E-state index in [0.29, 0.717) is 18.6 Å². The van der Waals surface area contributed by atoms with E-state index < -0.39 is 28.7 Å². The van der Waals surface area contributed by atoms with E-state index in [4.69, 9.17) is 4.74 Å². The first kappa shape index (κ1) is 23.9. The molecule has 3 aromatic rings. The Labute approximate surface area is 203 Å². The van der Waals surface area contributed by atoms with Gasteiger partial charge in [0, 0.05) is 11.1 Å². The second kappa shape index (κ2) is 9.21. The van der Waals surface area contributed by atoms with Crippen LogP contribution in [0, 0.1) is 18.8 Å². The number of carbonyl (C=O) groups is 3. The van der Waals surface area contributed by atoms with Crippen molar-refractivity contribution in [3.05, 3.63) is 93.5 Å². The largest absolute Gasteiger partial charge is 0.507 e. The zero-order chi connectivity index (χ0) is 25.3. The molecule has 0 saturated carbocycles. The number of fused-ring (bicyclic) bond motifs is 2. The fourth-order valence-electron chi connectivity index (χ4n) is 4.03. The monoisotopic (exact) mass is 468 g/mol. The normalized spacial score (nSPS) is 13.8. The molecule has 35 heavy (non-hydrogen) atoms. The molecule has 3 aromatic carbocycles. The average molecular weight is 469 g/mol. The van der Waals surface area contributed by atoms with Gasteiger partial charge in [-0.2, -0.15) is 0 Å². The van der Waals surface area contributed by atoms with Gasteiger partial charge in [0.25, 0.3) is 0 Å². The Morgan fingerprint density at radius 3 is 2.37 bits per heavy atom. The minimum absolute atomic E-state index is 0.0165. The molecule has 1 aliphatic rings. The number of Topliss-reactive ketones (excluding diaryl/α,β-unsaturated/α-hetero) is 1. The molecule has 2 N–H and O–H groups in total. The van der Waals surface area contributed by atoms with Gasteiger partial charge in [0.1, 0.15) is 17.1 Å². The van der Waals surface area contributed by atoms with Gasteiger partial charge in [-0.05, 0) is 49.4 Å². The highest BCUT2D eigenvalue weighted by molar-refractivity contribution is 6.31. The van der Waals surface area contributed by atoms with E-state index in [2.05, 4.69) is 11.8 Å². The maximum atomic E-state index is 13.1. The van der Waals surface area contributed by atoms with Gasteiger partial charge in [-0.3, -0.25) is 14.4 Å². The molecule has 1 atom stereocenters. The third kappa shape index (κ3) is 4.34. The first-order chi connectivity index (χ1) is 16.7. The average Bonchev–Trinajstić information content (AvgIpc) is 2.85. The molecule has 0 aromatic heterocycles. The van der Waals surface area contributed by atoms with Crippen molar-refractivity contribution in [1.29, 1.82) is 0 Å². The Morgan fingerprint density at radius 2 is 1.69 bits per heavy atom. The second-order valence-electron chi connectivity index (χ2n) is 8.64. The van der Waals surface area contributed by atoms with Gasteiger partial charge in [-0.25, -0.2) is 0 Å². The Balaban J connectivity index is 1.69. The molecule has 0 bridgehead atoms. The third-order valence-electron chi connectivity index (χ3n) is 6.23. The van der Waals surface area contributed by atoms with Crippen LogP contribution in [0.2, 0.25) is 0 Å². The van der Waals surface area contributed by atoms with E-state index in [1.54, 1.807) is 13.8 Å². The second-order valence-corrected chi connectivity index (χ2v) is 8.64. The van der Waals surface area contributed by atoms with Crippen molar-refractivity contribution in [1.82, 2.24) is 0 Å². The summed E-state index contributed by atoms with van der Waals surface area (Å²) >= 11 is 0. The molecule has 0 saturated heterocycles. The van der Waals surface area contributed by atoms with Crippen LogP contribution in [0.4, 0.5) is 0 Å². The molecule has 0 unspecified atom stereocenters. The first-order valence-electron chi connectivity index (χ1n) is 11.2. The van der Waals surface area contributed by atoms with Gasteiger partial charge < -0.3 is 14.9 Å². The number of aromatic hydroxyl groups is 2. The Bertz CT molecular complexity index is 1430. The van der Waals surface area contributed by atoms with E-state index in [9.17, 15) is 24.6 Å². The molecular weight excluding hydrogens is 444 g/mol. The van der Waals surface area contributed by atoms with Crippen molar-refractivity contribution in [2.75, 3.05) is 0 Å². The molecule has 1 aliphatic carbocycles. The summed E-state index contributed by atoms with van der Waals surface area (Å²) in [6.07, 6.45) is 0.512. The lowest BCUT2D eigenvalue weighted by Crippen LogP contribution is -2.26. The minimum atomic E-state index is -0.917. The van der Waals surface area contributed by atoms with Crippen molar-refractivity contribution in [3.63, 3.8) is 0 Å².